The van der Waals surface area contributed by atoms with Gasteiger partial charge in [-0.1, -0.05) is 39.3 Å². The highest BCUT2D eigenvalue weighted by Gasteiger charge is 2.10. The Kier molecular flexibility index (Phi) is 9.00. The van der Waals surface area contributed by atoms with Crippen LogP contribution in [0.1, 0.15) is 61.0 Å². The van der Waals surface area contributed by atoms with Crippen LogP contribution in [0.5, 0.6) is 5.75 Å². The van der Waals surface area contributed by atoms with Gasteiger partial charge in [-0.25, -0.2) is 4.99 Å². The number of hydrogen-bond donors (Lipinski definition) is 2. The average molecular weight is 445 g/mol. The summed E-state index contributed by atoms with van der Waals surface area (Å²) >= 11 is 0. The van der Waals surface area contributed by atoms with Crippen molar-refractivity contribution in [3.8, 4) is 5.75 Å². The van der Waals surface area contributed by atoms with Gasteiger partial charge in [-0.2, -0.15) is 0 Å². The molecule has 6 heteroatoms. The summed E-state index contributed by atoms with van der Waals surface area (Å²) in [4.78, 5) is 21.5. The molecule has 3 rings (SSSR count). The lowest BCUT2D eigenvalue weighted by Gasteiger charge is -2.13. The first-order valence-corrected chi connectivity index (χ1v) is 11.4. The highest BCUT2D eigenvalue weighted by atomic mass is 16.5. The van der Waals surface area contributed by atoms with Crippen molar-refractivity contribution in [1.82, 2.24) is 10.3 Å². The summed E-state index contributed by atoms with van der Waals surface area (Å²) in [6.07, 6.45) is 5.54. The Morgan fingerprint density at radius 1 is 1.00 bits per heavy atom. The van der Waals surface area contributed by atoms with Crippen LogP contribution in [0.4, 0.5) is 5.69 Å². The SMILES string of the molecule is CCCCOc1ccc(C(=O)NC(=NCc2ccncc2)Nc2ccc(C(C)C)cc2)cc1. The van der Waals surface area contributed by atoms with Gasteiger partial charge < -0.3 is 10.1 Å². The van der Waals surface area contributed by atoms with Gasteiger partial charge in [0.15, 0.2) is 0 Å². The number of aromatic nitrogens is 1. The molecule has 1 heterocycles. The first kappa shape index (κ1) is 24.0. The van der Waals surface area contributed by atoms with E-state index in [1.807, 2.05) is 36.4 Å². The summed E-state index contributed by atoms with van der Waals surface area (Å²) in [5.74, 6) is 1.36. The molecule has 0 spiro atoms. The zero-order chi connectivity index (χ0) is 23.5. The third-order valence-electron chi connectivity index (χ3n) is 5.12. The lowest BCUT2D eigenvalue weighted by molar-refractivity contribution is 0.0977. The molecule has 1 aromatic heterocycles. The summed E-state index contributed by atoms with van der Waals surface area (Å²) in [5, 5.41) is 6.14. The molecule has 0 unspecified atom stereocenters. The van der Waals surface area contributed by atoms with E-state index < -0.39 is 0 Å². The number of anilines is 1. The van der Waals surface area contributed by atoms with Crippen molar-refractivity contribution in [2.24, 2.45) is 4.99 Å². The van der Waals surface area contributed by atoms with Gasteiger partial charge in [-0.3, -0.25) is 15.1 Å². The lowest BCUT2D eigenvalue weighted by Crippen LogP contribution is -2.36. The number of guanidine groups is 1. The summed E-state index contributed by atoms with van der Waals surface area (Å²) < 4.78 is 5.68. The van der Waals surface area contributed by atoms with Gasteiger partial charge in [-0.15, -0.1) is 0 Å². The van der Waals surface area contributed by atoms with Crippen molar-refractivity contribution in [1.29, 1.82) is 0 Å². The first-order chi connectivity index (χ1) is 16.0. The van der Waals surface area contributed by atoms with E-state index in [1.54, 1.807) is 24.5 Å². The second kappa shape index (κ2) is 12.4. The van der Waals surface area contributed by atoms with E-state index in [9.17, 15) is 4.79 Å². The van der Waals surface area contributed by atoms with Crippen LogP contribution in [0, 0.1) is 0 Å². The standard InChI is InChI=1S/C27H32N4O2/c1-4-5-18-33-25-12-8-23(9-13-25)26(32)31-27(29-19-21-14-16-28-17-15-21)30-24-10-6-22(7-11-24)20(2)3/h6-17,20H,4-5,18-19H2,1-3H3,(H2,29,30,31,32). The molecule has 0 radical (unpaired) electrons. The molecule has 172 valence electrons. The fraction of sp³-hybridized carbons (Fsp3) is 0.296. The van der Waals surface area contributed by atoms with Crippen LogP contribution in [0.25, 0.3) is 0 Å². The smallest absolute Gasteiger partial charge is 0.257 e. The second-order valence-electron chi connectivity index (χ2n) is 8.10. The van der Waals surface area contributed by atoms with E-state index in [-0.39, 0.29) is 5.91 Å². The number of benzene rings is 2. The van der Waals surface area contributed by atoms with E-state index in [1.165, 1.54) is 5.56 Å². The maximum atomic E-state index is 12.9. The Bertz CT molecular complexity index is 1030. The van der Waals surface area contributed by atoms with Crippen LogP contribution in [-0.2, 0) is 6.54 Å². The molecular weight excluding hydrogens is 412 g/mol. The van der Waals surface area contributed by atoms with Crippen LogP contribution >= 0.6 is 0 Å². The van der Waals surface area contributed by atoms with Gasteiger partial charge in [0, 0.05) is 23.6 Å². The highest BCUT2D eigenvalue weighted by molar-refractivity contribution is 6.10. The minimum atomic E-state index is -0.241. The molecule has 0 aliphatic heterocycles. The number of nitrogens with zero attached hydrogens (tertiary/aromatic N) is 2. The molecule has 2 aromatic carbocycles. The Morgan fingerprint density at radius 3 is 2.33 bits per heavy atom. The first-order valence-electron chi connectivity index (χ1n) is 11.4. The summed E-state index contributed by atoms with van der Waals surface area (Å²) in [6.45, 7) is 7.53. The Morgan fingerprint density at radius 2 is 1.70 bits per heavy atom. The normalized spacial score (nSPS) is 11.3. The molecule has 0 bridgehead atoms. The summed E-state index contributed by atoms with van der Waals surface area (Å²) in [7, 11) is 0. The number of aliphatic imine (C=N–C) groups is 1. The van der Waals surface area contributed by atoms with Crippen molar-refractivity contribution < 1.29 is 9.53 Å². The molecule has 33 heavy (non-hydrogen) atoms. The number of hydrogen-bond acceptors (Lipinski definition) is 4. The summed E-state index contributed by atoms with van der Waals surface area (Å²) in [6, 6.07) is 19.1. The lowest BCUT2D eigenvalue weighted by atomic mass is 10.0. The fourth-order valence-electron chi connectivity index (χ4n) is 3.07. The molecule has 0 atom stereocenters. The summed E-state index contributed by atoms with van der Waals surface area (Å²) in [5.41, 5.74) is 3.64. The maximum absolute atomic E-state index is 12.9. The van der Waals surface area contributed by atoms with Crippen LogP contribution in [-0.4, -0.2) is 23.5 Å². The minimum absolute atomic E-state index is 0.241. The zero-order valence-corrected chi connectivity index (χ0v) is 19.5. The van der Waals surface area contributed by atoms with Gasteiger partial charge in [0.25, 0.3) is 5.91 Å². The van der Waals surface area contributed by atoms with Crippen LogP contribution in [0.2, 0.25) is 0 Å². The average Bonchev–Trinajstić information content (AvgIpc) is 2.84. The quantitative estimate of drug-likeness (QED) is 0.249. The third kappa shape index (κ3) is 7.75. The number of unbranched alkanes of at least 4 members (excludes halogenated alkanes) is 1. The van der Waals surface area contributed by atoms with E-state index >= 15 is 0 Å². The van der Waals surface area contributed by atoms with Crippen LogP contribution < -0.4 is 15.4 Å². The number of rotatable bonds is 9. The van der Waals surface area contributed by atoms with Gasteiger partial charge >= 0.3 is 0 Å². The molecule has 1 amide bonds. The van der Waals surface area contributed by atoms with Crippen molar-refractivity contribution in [2.45, 2.75) is 46.1 Å². The molecule has 0 aliphatic carbocycles. The van der Waals surface area contributed by atoms with Gasteiger partial charge in [0.1, 0.15) is 5.75 Å². The molecule has 6 nitrogen and oxygen atoms in total. The van der Waals surface area contributed by atoms with Crippen molar-refractivity contribution >= 4 is 17.6 Å². The maximum Gasteiger partial charge on any atom is 0.257 e. The van der Waals surface area contributed by atoms with Crippen molar-refractivity contribution in [3.05, 3.63) is 89.7 Å². The monoisotopic (exact) mass is 444 g/mol. The topological polar surface area (TPSA) is 75.6 Å². The number of ether oxygens (including phenoxy) is 1. The van der Waals surface area contributed by atoms with Gasteiger partial charge in [-0.05, 0) is 72.0 Å². The van der Waals surface area contributed by atoms with E-state index in [0.717, 1.165) is 29.8 Å². The largest absolute Gasteiger partial charge is 0.494 e. The second-order valence-corrected chi connectivity index (χ2v) is 8.10. The molecule has 0 fully saturated rings. The number of pyridine rings is 1. The number of nitrogens with one attached hydrogen (secondary N) is 2. The number of amides is 1. The minimum Gasteiger partial charge on any atom is -0.494 e. The van der Waals surface area contributed by atoms with E-state index in [4.69, 9.17) is 4.74 Å². The molecule has 2 N–H and O–H groups in total. The fourth-order valence-corrected chi connectivity index (χ4v) is 3.07. The van der Waals surface area contributed by atoms with Crippen molar-refractivity contribution in [2.75, 3.05) is 11.9 Å². The molecule has 0 saturated heterocycles. The predicted molar refractivity (Wildman–Crippen MR) is 134 cm³/mol. The highest BCUT2D eigenvalue weighted by Crippen LogP contribution is 2.17. The Hall–Kier alpha value is -3.67. The van der Waals surface area contributed by atoms with Crippen LogP contribution in [0.3, 0.4) is 0 Å². The number of carbonyl (C=O) groups excluding carboxylic acids is 1. The Labute approximate surface area is 196 Å². The number of carbonyl (C=O) groups is 1. The van der Waals surface area contributed by atoms with E-state index in [2.05, 4.69) is 53.5 Å². The third-order valence-corrected chi connectivity index (χ3v) is 5.12. The Balaban J connectivity index is 1.72. The molecule has 0 saturated carbocycles. The van der Waals surface area contributed by atoms with E-state index in [0.29, 0.717) is 30.6 Å². The predicted octanol–water partition coefficient (Wildman–Crippen LogP) is 5.78. The zero-order valence-electron chi connectivity index (χ0n) is 19.5. The molecule has 0 aliphatic rings. The van der Waals surface area contributed by atoms with Crippen LogP contribution in [0.15, 0.2) is 78.0 Å². The molecule has 3 aromatic rings. The van der Waals surface area contributed by atoms with Gasteiger partial charge in [0.05, 0.1) is 13.2 Å². The molecular formula is C27H32N4O2. The van der Waals surface area contributed by atoms with Gasteiger partial charge in [0.2, 0.25) is 5.96 Å². The van der Waals surface area contributed by atoms with Crippen molar-refractivity contribution in [3.63, 3.8) is 0 Å².